The minimum atomic E-state index is -3.80. The van der Waals surface area contributed by atoms with Crippen molar-refractivity contribution in [3.63, 3.8) is 0 Å². The fraction of sp³-hybridized carbons (Fsp3) is 1.00. The van der Waals surface area contributed by atoms with E-state index >= 15 is 0 Å². The summed E-state index contributed by atoms with van der Waals surface area (Å²) in [6.07, 6.45) is 6.08. The topological polar surface area (TPSA) is 57.6 Å². The molecule has 0 aliphatic heterocycles. The molecule has 0 radical (unpaired) electrons. The second kappa shape index (κ2) is 8.03. The van der Waals surface area contributed by atoms with Crippen molar-refractivity contribution in [2.75, 3.05) is 19.3 Å². The van der Waals surface area contributed by atoms with Crippen LogP contribution in [-0.2, 0) is 10.1 Å². The maximum absolute atomic E-state index is 10.5. The third-order valence-electron chi connectivity index (χ3n) is 2.90. The van der Waals surface area contributed by atoms with Crippen LogP contribution in [0.2, 0.25) is 0 Å². The van der Waals surface area contributed by atoms with Crippen LogP contribution in [0.25, 0.3) is 0 Å². The molecule has 0 heterocycles. The molecule has 1 aliphatic rings. The van der Waals surface area contributed by atoms with Crippen LogP contribution in [0.15, 0.2) is 0 Å². The van der Waals surface area contributed by atoms with E-state index in [9.17, 15) is 8.42 Å². The highest BCUT2D eigenvalue weighted by atomic mass is 32.2. The maximum Gasteiger partial charge on any atom is 0.266 e. The molecule has 16 heavy (non-hydrogen) atoms. The Balaban J connectivity index is 0.00000106. The van der Waals surface area contributed by atoms with E-state index < -0.39 is 10.1 Å². The first-order chi connectivity index (χ1) is 7.49. The SMILES string of the molecule is CC.CN(CCS(=O)(=O)O)C1CCCCC1. The van der Waals surface area contributed by atoms with Gasteiger partial charge in [-0.2, -0.15) is 8.42 Å². The van der Waals surface area contributed by atoms with Gasteiger partial charge in [-0.3, -0.25) is 4.55 Å². The molecule has 0 spiro atoms. The molecule has 0 aromatic heterocycles. The number of hydrogen-bond donors (Lipinski definition) is 1. The zero-order valence-electron chi connectivity index (χ0n) is 10.6. The van der Waals surface area contributed by atoms with Crippen LogP contribution in [0.5, 0.6) is 0 Å². The average molecular weight is 251 g/mol. The molecule has 4 nitrogen and oxygen atoms in total. The van der Waals surface area contributed by atoms with E-state index in [1.807, 2.05) is 25.8 Å². The second-order valence-electron chi connectivity index (χ2n) is 4.06. The van der Waals surface area contributed by atoms with Gasteiger partial charge in [0.05, 0.1) is 5.75 Å². The lowest BCUT2D eigenvalue weighted by Gasteiger charge is -2.30. The van der Waals surface area contributed by atoms with Gasteiger partial charge in [-0.25, -0.2) is 0 Å². The third kappa shape index (κ3) is 7.19. The Labute approximate surface area is 99.8 Å². The lowest BCUT2D eigenvalue weighted by Crippen LogP contribution is -2.36. The molecule has 0 bridgehead atoms. The van der Waals surface area contributed by atoms with Crippen molar-refractivity contribution in [1.29, 1.82) is 0 Å². The van der Waals surface area contributed by atoms with Crippen LogP contribution >= 0.6 is 0 Å². The summed E-state index contributed by atoms with van der Waals surface area (Å²) >= 11 is 0. The van der Waals surface area contributed by atoms with E-state index in [2.05, 4.69) is 0 Å². The summed E-state index contributed by atoms with van der Waals surface area (Å²) in [5, 5.41) is 0. The van der Waals surface area contributed by atoms with Gasteiger partial charge in [0.2, 0.25) is 0 Å². The monoisotopic (exact) mass is 251 g/mol. The quantitative estimate of drug-likeness (QED) is 0.778. The smallest absolute Gasteiger partial charge is 0.266 e. The molecule has 0 unspecified atom stereocenters. The predicted molar refractivity (Wildman–Crippen MR) is 67.3 cm³/mol. The lowest BCUT2D eigenvalue weighted by atomic mass is 9.94. The van der Waals surface area contributed by atoms with Gasteiger partial charge in [0.1, 0.15) is 0 Å². The Morgan fingerprint density at radius 3 is 2.12 bits per heavy atom. The Kier molecular flexibility index (Phi) is 7.97. The Morgan fingerprint density at radius 1 is 1.19 bits per heavy atom. The van der Waals surface area contributed by atoms with Gasteiger partial charge < -0.3 is 4.90 Å². The fourth-order valence-electron chi connectivity index (χ4n) is 1.96. The van der Waals surface area contributed by atoms with Crippen LogP contribution in [0.3, 0.4) is 0 Å². The fourth-order valence-corrected chi connectivity index (χ4v) is 2.48. The van der Waals surface area contributed by atoms with Crippen LogP contribution in [0.4, 0.5) is 0 Å². The van der Waals surface area contributed by atoms with Crippen LogP contribution in [0, 0.1) is 0 Å². The second-order valence-corrected chi connectivity index (χ2v) is 5.63. The Hall–Kier alpha value is -0.130. The average Bonchev–Trinajstić information content (AvgIpc) is 2.29. The Bertz CT molecular complexity index is 258. The van der Waals surface area contributed by atoms with E-state index in [1.54, 1.807) is 0 Å². The van der Waals surface area contributed by atoms with Crippen molar-refractivity contribution in [3.05, 3.63) is 0 Å². The standard InChI is InChI=1S/C9H19NO3S.C2H6/c1-10(7-8-14(11,12)13)9-5-3-2-4-6-9;1-2/h9H,2-8H2,1H3,(H,11,12,13);1-2H3. The number of rotatable bonds is 4. The molecule has 5 heteroatoms. The molecule has 0 aromatic carbocycles. The van der Waals surface area contributed by atoms with Gasteiger partial charge in [-0.05, 0) is 19.9 Å². The van der Waals surface area contributed by atoms with Crippen LogP contribution in [-0.4, -0.2) is 43.3 Å². The van der Waals surface area contributed by atoms with Gasteiger partial charge in [0, 0.05) is 12.6 Å². The van der Waals surface area contributed by atoms with Gasteiger partial charge in [0.25, 0.3) is 10.1 Å². The molecule has 0 aromatic rings. The maximum atomic E-state index is 10.5. The van der Waals surface area contributed by atoms with Crippen molar-refractivity contribution in [2.45, 2.75) is 52.0 Å². The molecule has 1 N–H and O–H groups in total. The molecule has 1 fully saturated rings. The molecular weight excluding hydrogens is 226 g/mol. The molecule has 1 rings (SSSR count). The lowest BCUT2D eigenvalue weighted by molar-refractivity contribution is 0.200. The highest BCUT2D eigenvalue weighted by Gasteiger charge is 2.18. The molecule has 1 saturated carbocycles. The summed E-state index contributed by atoms with van der Waals surface area (Å²) in [5.41, 5.74) is 0. The summed E-state index contributed by atoms with van der Waals surface area (Å²) in [7, 11) is -1.87. The van der Waals surface area contributed by atoms with E-state index in [1.165, 1.54) is 19.3 Å². The van der Waals surface area contributed by atoms with Crippen molar-refractivity contribution in [3.8, 4) is 0 Å². The van der Waals surface area contributed by atoms with E-state index in [-0.39, 0.29) is 5.75 Å². The van der Waals surface area contributed by atoms with E-state index in [4.69, 9.17) is 4.55 Å². The Morgan fingerprint density at radius 2 is 1.69 bits per heavy atom. The first-order valence-electron chi connectivity index (χ1n) is 6.14. The highest BCUT2D eigenvalue weighted by molar-refractivity contribution is 7.85. The van der Waals surface area contributed by atoms with Gasteiger partial charge >= 0.3 is 0 Å². The number of hydrogen-bond acceptors (Lipinski definition) is 3. The largest absolute Gasteiger partial charge is 0.302 e. The van der Waals surface area contributed by atoms with Crippen molar-refractivity contribution < 1.29 is 13.0 Å². The van der Waals surface area contributed by atoms with Gasteiger partial charge in [-0.1, -0.05) is 33.1 Å². The number of nitrogens with zero attached hydrogens (tertiary/aromatic N) is 1. The molecule has 98 valence electrons. The van der Waals surface area contributed by atoms with E-state index in [0.717, 1.165) is 12.8 Å². The van der Waals surface area contributed by atoms with E-state index in [0.29, 0.717) is 12.6 Å². The molecule has 1 aliphatic carbocycles. The first-order valence-corrected chi connectivity index (χ1v) is 7.75. The minimum Gasteiger partial charge on any atom is -0.302 e. The van der Waals surface area contributed by atoms with Crippen molar-refractivity contribution in [1.82, 2.24) is 4.90 Å². The summed E-state index contributed by atoms with van der Waals surface area (Å²) < 4.78 is 29.7. The van der Waals surface area contributed by atoms with Gasteiger partial charge in [-0.15, -0.1) is 0 Å². The highest BCUT2D eigenvalue weighted by Crippen LogP contribution is 2.21. The summed E-state index contributed by atoms with van der Waals surface area (Å²) in [6.45, 7) is 4.43. The summed E-state index contributed by atoms with van der Waals surface area (Å²) in [5.74, 6) is -0.153. The predicted octanol–water partition coefficient (Wildman–Crippen LogP) is 2.16. The molecule has 0 amide bonds. The molecule has 0 atom stereocenters. The summed E-state index contributed by atoms with van der Waals surface area (Å²) in [6, 6.07) is 0.505. The van der Waals surface area contributed by atoms with Crippen molar-refractivity contribution in [2.24, 2.45) is 0 Å². The first kappa shape index (κ1) is 15.9. The normalized spacial score (nSPS) is 18.1. The third-order valence-corrected chi connectivity index (χ3v) is 3.60. The van der Waals surface area contributed by atoms with Gasteiger partial charge in [0.15, 0.2) is 0 Å². The zero-order chi connectivity index (χ0) is 12.6. The van der Waals surface area contributed by atoms with Crippen molar-refractivity contribution >= 4 is 10.1 Å². The molecule has 0 saturated heterocycles. The summed E-state index contributed by atoms with van der Waals surface area (Å²) in [4.78, 5) is 2.05. The van der Waals surface area contributed by atoms with Crippen LogP contribution < -0.4 is 0 Å². The minimum absolute atomic E-state index is 0.153. The zero-order valence-corrected chi connectivity index (χ0v) is 11.5. The van der Waals surface area contributed by atoms with Crippen LogP contribution in [0.1, 0.15) is 46.0 Å². The molecular formula is C11H25NO3S.